The highest BCUT2D eigenvalue weighted by Gasteiger charge is 2.60. The number of amides is 3. The van der Waals surface area contributed by atoms with Crippen LogP contribution >= 0.6 is 0 Å². The Labute approximate surface area is 305 Å². The molecule has 1 saturated heterocycles. The second-order valence-electron chi connectivity index (χ2n) is 14.6. The van der Waals surface area contributed by atoms with Crippen LogP contribution in [0.1, 0.15) is 82.8 Å². The van der Waals surface area contributed by atoms with Crippen LogP contribution in [0.2, 0.25) is 0 Å². The summed E-state index contributed by atoms with van der Waals surface area (Å²) in [6.45, 7) is 6.74. The van der Waals surface area contributed by atoms with Gasteiger partial charge in [0, 0.05) is 50.0 Å². The van der Waals surface area contributed by atoms with E-state index >= 15 is 0 Å². The van der Waals surface area contributed by atoms with Crippen molar-refractivity contribution in [1.29, 1.82) is 0 Å². The van der Waals surface area contributed by atoms with Gasteiger partial charge in [-0.3, -0.25) is 14.6 Å². The zero-order chi connectivity index (χ0) is 37.7. The first-order valence-corrected chi connectivity index (χ1v) is 18.4. The Morgan fingerprint density at radius 2 is 1.98 bits per heavy atom. The number of likely N-dealkylation sites (N-methyl/N-ethyl adjacent to an activating group) is 1. The fourth-order valence-electron chi connectivity index (χ4n) is 8.16. The first-order chi connectivity index (χ1) is 24.8. The molecule has 3 unspecified atom stereocenters. The van der Waals surface area contributed by atoms with Crippen LogP contribution in [0, 0.1) is 5.92 Å². The van der Waals surface area contributed by atoms with Crippen molar-refractivity contribution in [3.8, 4) is 11.5 Å². The number of guanidine groups is 1. The van der Waals surface area contributed by atoms with Crippen LogP contribution in [0.4, 0.5) is 4.79 Å². The molecule has 5 rings (SSSR count). The summed E-state index contributed by atoms with van der Waals surface area (Å²) in [5.41, 5.74) is 11.7. The molecular formula is C37H55N7O8. The molecule has 2 aliphatic heterocycles. The fourth-order valence-corrected chi connectivity index (χ4v) is 8.16. The predicted molar refractivity (Wildman–Crippen MR) is 194 cm³/mol. The van der Waals surface area contributed by atoms with Gasteiger partial charge in [0.25, 0.3) is 0 Å². The number of ether oxygens (including phenoxy) is 3. The summed E-state index contributed by atoms with van der Waals surface area (Å²) in [6.07, 6.45) is 4.48. The Hall–Kier alpha value is -4.37. The van der Waals surface area contributed by atoms with E-state index in [1.165, 1.54) is 6.92 Å². The highest BCUT2D eigenvalue weighted by Crippen LogP contribution is 2.59. The van der Waals surface area contributed by atoms with Crippen molar-refractivity contribution in [1.82, 2.24) is 20.4 Å². The summed E-state index contributed by atoms with van der Waals surface area (Å²) in [5, 5.41) is 18.1. The molecule has 0 saturated carbocycles. The Bertz CT molecular complexity index is 1580. The van der Waals surface area contributed by atoms with E-state index in [2.05, 4.69) is 27.4 Å². The standard InChI is InChI=1S/C37H55N7O8/c1-6-43(4)28-19-23-12-13-26(50-5)31-29(23)30-32(52-31)27(14-15-37(28,30)49)51-36(48)44-17-8-7-10-24(44)20-41-34(47)25(11-9-16-40-35(38)39)42-33(46)21(2)18-22(3)45/h12-14,21,24-25,28,30,32,49H,6-11,15-20H2,1-5H3,(H,41,47)(H,42,46)(H4,38,39,40)/t21-,24?,25+,28?,30?,32+,37-/m1/s1. The minimum Gasteiger partial charge on any atom is -0.493 e. The molecule has 7 N–H and O–H groups in total. The minimum atomic E-state index is -1.15. The number of carbonyl (C=O) groups is 4. The lowest BCUT2D eigenvalue weighted by Gasteiger charge is -2.50. The van der Waals surface area contributed by atoms with Crippen LogP contribution in [0.5, 0.6) is 11.5 Å². The Balaban J connectivity index is 1.29. The summed E-state index contributed by atoms with van der Waals surface area (Å²) in [7, 11) is 3.59. The molecule has 2 aliphatic carbocycles. The Morgan fingerprint density at radius 3 is 2.67 bits per heavy atom. The summed E-state index contributed by atoms with van der Waals surface area (Å²) >= 11 is 0. The summed E-state index contributed by atoms with van der Waals surface area (Å²) in [5.74, 6) is -0.576. The molecule has 52 heavy (non-hydrogen) atoms. The van der Waals surface area contributed by atoms with Crippen molar-refractivity contribution < 1.29 is 38.5 Å². The van der Waals surface area contributed by atoms with Gasteiger partial charge in [-0.1, -0.05) is 19.9 Å². The number of aliphatic hydroxyl groups is 1. The minimum absolute atomic E-state index is 0.0624. The van der Waals surface area contributed by atoms with Crippen LogP contribution in [0.25, 0.3) is 0 Å². The van der Waals surface area contributed by atoms with E-state index in [0.29, 0.717) is 43.1 Å². The molecule has 1 fully saturated rings. The molecule has 286 valence electrons. The molecule has 0 aromatic heterocycles. The van der Waals surface area contributed by atoms with E-state index in [1.807, 2.05) is 19.2 Å². The number of Topliss-reactive ketones (excluding diaryl/α,β-unsaturated/α-hetero) is 1. The average molecular weight is 726 g/mol. The highest BCUT2D eigenvalue weighted by molar-refractivity contribution is 5.90. The van der Waals surface area contributed by atoms with Gasteiger partial charge < -0.3 is 56.0 Å². The molecule has 1 aromatic rings. The lowest BCUT2D eigenvalue weighted by atomic mass is 9.63. The predicted octanol–water partition coefficient (Wildman–Crippen LogP) is 1.70. The van der Waals surface area contributed by atoms with E-state index in [-0.39, 0.29) is 56.2 Å². The van der Waals surface area contributed by atoms with E-state index in [9.17, 15) is 24.3 Å². The largest absolute Gasteiger partial charge is 0.493 e. The third-order valence-corrected chi connectivity index (χ3v) is 11.0. The number of carbonyl (C=O) groups excluding carboxylic acids is 4. The van der Waals surface area contributed by atoms with Gasteiger partial charge >= 0.3 is 6.09 Å². The third kappa shape index (κ3) is 8.15. The van der Waals surface area contributed by atoms with E-state index < -0.39 is 47.5 Å². The molecule has 7 atom stereocenters. The molecule has 4 aliphatic rings. The molecule has 15 heteroatoms. The van der Waals surface area contributed by atoms with Gasteiger partial charge in [-0.05, 0) is 76.7 Å². The molecule has 0 spiro atoms. The maximum Gasteiger partial charge on any atom is 0.415 e. The van der Waals surface area contributed by atoms with E-state index in [1.54, 1.807) is 25.0 Å². The SMILES string of the molecule is CCN(C)C1Cc2ccc(OC)c3c2C2[C@@H](O3)C(OC(=O)N3CCCCC3CNC(=O)[C@H](CCCN=C(N)N)NC(=O)[C@H](C)CC(C)=O)=CC[C@]21O. The lowest BCUT2D eigenvalue weighted by molar-refractivity contribution is -0.132. The highest BCUT2D eigenvalue weighted by atomic mass is 16.6. The number of nitrogens with zero attached hydrogens (tertiary/aromatic N) is 3. The number of rotatable bonds is 15. The van der Waals surface area contributed by atoms with Crippen molar-refractivity contribution in [3.05, 3.63) is 35.1 Å². The monoisotopic (exact) mass is 725 g/mol. The normalized spacial score (nSPS) is 25.5. The fraction of sp³-hybridized carbons (Fsp3) is 0.649. The van der Waals surface area contributed by atoms with Gasteiger partial charge in [-0.25, -0.2) is 4.79 Å². The van der Waals surface area contributed by atoms with Crippen LogP contribution in [-0.2, 0) is 25.5 Å². The first-order valence-electron chi connectivity index (χ1n) is 18.4. The van der Waals surface area contributed by atoms with Crippen molar-refractivity contribution in [3.63, 3.8) is 0 Å². The third-order valence-electron chi connectivity index (χ3n) is 11.0. The van der Waals surface area contributed by atoms with Crippen LogP contribution in [-0.4, -0.2) is 115 Å². The summed E-state index contributed by atoms with van der Waals surface area (Å²) in [4.78, 5) is 59.6. The van der Waals surface area contributed by atoms with Gasteiger partial charge in [0.15, 0.2) is 23.6 Å². The van der Waals surface area contributed by atoms with E-state index in [0.717, 1.165) is 30.5 Å². The van der Waals surface area contributed by atoms with Gasteiger partial charge in [0.2, 0.25) is 11.8 Å². The molecule has 3 amide bonds. The molecule has 1 aromatic carbocycles. The molecular weight excluding hydrogens is 670 g/mol. The van der Waals surface area contributed by atoms with Crippen LogP contribution < -0.4 is 31.6 Å². The van der Waals surface area contributed by atoms with Crippen molar-refractivity contribution >= 4 is 29.7 Å². The smallest absolute Gasteiger partial charge is 0.415 e. The zero-order valence-electron chi connectivity index (χ0n) is 31.0. The van der Waals surface area contributed by atoms with Crippen LogP contribution in [0.15, 0.2) is 29.0 Å². The number of nitrogens with one attached hydrogen (secondary N) is 2. The number of hydrogen-bond acceptors (Lipinski definition) is 10. The van der Waals surface area contributed by atoms with Gasteiger partial charge in [0.1, 0.15) is 17.6 Å². The number of hydrogen-bond donors (Lipinski definition) is 5. The number of likely N-dealkylation sites (tertiary alicyclic amines) is 1. The molecule has 0 bridgehead atoms. The number of piperidine rings is 1. The second-order valence-corrected chi connectivity index (χ2v) is 14.6. The average Bonchev–Trinajstić information content (AvgIpc) is 3.54. The van der Waals surface area contributed by atoms with Gasteiger partial charge in [-0.15, -0.1) is 0 Å². The maximum atomic E-state index is 13.9. The maximum absolute atomic E-state index is 13.9. The number of methoxy groups -OCH3 is 1. The molecule has 2 heterocycles. The lowest BCUT2D eigenvalue weighted by Crippen LogP contribution is -2.61. The van der Waals surface area contributed by atoms with Gasteiger partial charge in [-0.2, -0.15) is 0 Å². The topological polar surface area (TPSA) is 211 Å². The Kier molecular flexibility index (Phi) is 12.4. The van der Waals surface area contributed by atoms with E-state index in [4.69, 9.17) is 25.7 Å². The second kappa shape index (κ2) is 16.5. The van der Waals surface area contributed by atoms with Crippen molar-refractivity contribution in [2.24, 2.45) is 22.4 Å². The van der Waals surface area contributed by atoms with Gasteiger partial charge in [0.05, 0.1) is 24.7 Å². The Morgan fingerprint density at radius 1 is 1.21 bits per heavy atom. The first kappa shape index (κ1) is 38.9. The number of ketones is 1. The summed E-state index contributed by atoms with van der Waals surface area (Å²) < 4.78 is 18.3. The van der Waals surface area contributed by atoms with Crippen molar-refractivity contribution in [2.75, 3.05) is 40.3 Å². The number of aliphatic imine (C=N–C) groups is 1. The quantitative estimate of drug-likeness (QED) is 0.0998. The zero-order valence-corrected chi connectivity index (χ0v) is 31.0. The molecule has 0 radical (unpaired) electrons. The number of nitrogens with two attached hydrogens (primary N) is 2. The summed E-state index contributed by atoms with van der Waals surface area (Å²) in [6, 6.07) is 2.50. The number of benzene rings is 1. The van der Waals surface area contributed by atoms with Crippen molar-refractivity contribution in [2.45, 2.75) is 108 Å². The molecule has 15 nitrogen and oxygen atoms in total. The van der Waals surface area contributed by atoms with Crippen LogP contribution in [0.3, 0.4) is 0 Å².